The molecule has 9 heteroatoms. The van der Waals surface area contributed by atoms with E-state index in [-0.39, 0.29) is 16.3 Å². The summed E-state index contributed by atoms with van der Waals surface area (Å²) in [4.78, 5) is 35.0. The number of imide groups is 1. The molecule has 0 saturated heterocycles. The number of rotatable bonds is 6. The fourth-order valence-electron chi connectivity index (χ4n) is 1.77. The average molecular weight is 380 g/mol. The molecule has 0 aliphatic heterocycles. The number of benzene rings is 2. The first-order chi connectivity index (χ1) is 12.5. The van der Waals surface area contributed by atoms with Crippen molar-refractivity contribution in [2.45, 2.75) is 4.90 Å². The molecular weight excluding hydrogens is 366 g/mol. The molecule has 0 fully saturated rings. The van der Waals surface area contributed by atoms with Gasteiger partial charge in [-0.05, 0) is 24.3 Å². The molecule has 2 aromatic rings. The Kier molecular flexibility index (Phi) is 7.10. The molecular formula is C17H14F2N2O4S. The standard InChI is InChI=1S/C17H14F2N2O4S/c18-11-5-1-3-7-13(11)20-17(24)21-15(22)9-25-16(23)10-26-14-8-4-2-6-12(14)19/h1-8H,9-10H2,(H2,20,21,22,24). The van der Waals surface area contributed by atoms with Crippen LogP contribution in [0.25, 0.3) is 0 Å². The summed E-state index contributed by atoms with van der Waals surface area (Å²) in [6.07, 6.45) is 0. The third kappa shape index (κ3) is 6.17. The van der Waals surface area contributed by atoms with Crippen LogP contribution in [0.1, 0.15) is 0 Å². The highest BCUT2D eigenvalue weighted by Crippen LogP contribution is 2.21. The summed E-state index contributed by atoms with van der Waals surface area (Å²) in [5, 5.41) is 4.04. The van der Waals surface area contributed by atoms with Crippen molar-refractivity contribution in [3.8, 4) is 0 Å². The van der Waals surface area contributed by atoms with Crippen molar-refractivity contribution in [3.05, 3.63) is 60.2 Å². The van der Waals surface area contributed by atoms with Crippen molar-refractivity contribution in [2.24, 2.45) is 0 Å². The van der Waals surface area contributed by atoms with Gasteiger partial charge in [-0.15, -0.1) is 11.8 Å². The minimum Gasteiger partial charge on any atom is -0.455 e. The molecule has 0 spiro atoms. The predicted molar refractivity (Wildman–Crippen MR) is 91.6 cm³/mol. The Labute approximate surface area is 151 Å². The highest BCUT2D eigenvalue weighted by molar-refractivity contribution is 8.00. The number of nitrogens with one attached hydrogen (secondary N) is 2. The van der Waals surface area contributed by atoms with Crippen molar-refractivity contribution in [2.75, 3.05) is 17.7 Å². The number of para-hydroxylation sites is 1. The van der Waals surface area contributed by atoms with E-state index in [2.05, 4.69) is 5.32 Å². The second-order valence-corrected chi connectivity index (χ2v) is 5.88. The maximum Gasteiger partial charge on any atom is 0.326 e. The smallest absolute Gasteiger partial charge is 0.326 e. The lowest BCUT2D eigenvalue weighted by Gasteiger charge is -2.08. The summed E-state index contributed by atoms with van der Waals surface area (Å²) < 4.78 is 31.5. The lowest BCUT2D eigenvalue weighted by molar-refractivity contribution is -0.145. The van der Waals surface area contributed by atoms with Crippen molar-refractivity contribution < 1.29 is 27.9 Å². The van der Waals surface area contributed by atoms with Crippen molar-refractivity contribution in [1.29, 1.82) is 0 Å². The Morgan fingerprint density at radius 1 is 0.962 bits per heavy atom. The number of thioether (sulfide) groups is 1. The number of hydrogen-bond acceptors (Lipinski definition) is 5. The summed E-state index contributed by atoms with van der Waals surface area (Å²) in [7, 11) is 0. The molecule has 2 rings (SSSR count). The van der Waals surface area contributed by atoms with Gasteiger partial charge in [0.1, 0.15) is 11.6 Å². The average Bonchev–Trinajstić information content (AvgIpc) is 2.61. The predicted octanol–water partition coefficient (Wildman–Crippen LogP) is 2.95. The maximum absolute atomic E-state index is 13.4. The van der Waals surface area contributed by atoms with Gasteiger partial charge in [-0.2, -0.15) is 0 Å². The van der Waals surface area contributed by atoms with Gasteiger partial charge in [0.05, 0.1) is 11.4 Å². The Balaban J connectivity index is 1.71. The molecule has 3 amide bonds. The van der Waals surface area contributed by atoms with E-state index in [1.807, 2.05) is 5.32 Å². The molecule has 2 aromatic carbocycles. The number of urea groups is 1. The van der Waals surface area contributed by atoms with Gasteiger partial charge in [-0.25, -0.2) is 13.6 Å². The minimum absolute atomic E-state index is 0.101. The molecule has 0 aliphatic carbocycles. The van der Waals surface area contributed by atoms with E-state index in [0.717, 1.165) is 17.8 Å². The van der Waals surface area contributed by atoms with Crippen LogP contribution in [-0.2, 0) is 14.3 Å². The topological polar surface area (TPSA) is 84.5 Å². The van der Waals surface area contributed by atoms with Gasteiger partial charge in [-0.3, -0.25) is 14.9 Å². The fourth-order valence-corrected chi connectivity index (χ4v) is 2.50. The quantitative estimate of drug-likeness (QED) is 0.595. The van der Waals surface area contributed by atoms with Crippen LogP contribution in [0, 0.1) is 11.6 Å². The normalized spacial score (nSPS) is 10.1. The van der Waals surface area contributed by atoms with E-state index in [4.69, 9.17) is 4.74 Å². The van der Waals surface area contributed by atoms with Crippen LogP contribution < -0.4 is 10.6 Å². The zero-order chi connectivity index (χ0) is 18.9. The number of hydrogen-bond donors (Lipinski definition) is 2. The van der Waals surface area contributed by atoms with Crippen LogP contribution in [0.4, 0.5) is 19.3 Å². The van der Waals surface area contributed by atoms with Gasteiger partial charge in [0, 0.05) is 4.90 Å². The number of esters is 1. The third-order valence-electron chi connectivity index (χ3n) is 2.92. The largest absolute Gasteiger partial charge is 0.455 e. The van der Waals surface area contributed by atoms with Gasteiger partial charge < -0.3 is 10.1 Å². The monoisotopic (exact) mass is 380 g/mol. The number of ether oxygens (including phenoxy) is 1. The van der Waals surface area contributed by atoms with Gasteiger partial charge in [-0.1, -0.05) is 24.3 Å². The first-order valence-corrected chi connectivity index (χ1v) is 8.32. The number of anilines is 1. The third-order valence-corrected chi connectivity index (χ3v) is 3.94. The Hall–Kier alpha value is -2.94. The van der Waals surface area contributed by atoms with Crippen LogP contribution >= 0.6 is 11.8 Å². The molecule has 0 atom stereocenters. The Bertz CT molecular complexity index is 817. The van der Waals surface area contributed by atoms with Gasteiger partial charge in [0.2, 0.25) is 0 Å². The van der Waals surface area contributed by atoms with E-state index in [1.54, 1.807) is 6.07 Å². The van der Waals surface area contributed by atoms with Crippen molar-refractivity contribution >= 4 is 35.4 Å². The summed E-state index contributed by atoms with van der Waals surface area (Å²) in [6, 6.07) is 10.4. The zero-order valence-electron chi connectivity index (χ0n) is 13.3. The minimum atomic E-state index is -0.961. The van der Waals surface area contributed by atoms with Crippen LogP contribution in [0.5, 0.6) is 0 Å². The van der Waals surface area contributed by atoms with E-state index in [0.29, 0.717) is 0 Å². The van der Waals surface area contributed by atoms with Crippen LogP contribution in [0.2, 0.25) is 0 Å². The Morgan fingerprint density at radius 3 is 2.31 bits per heavy atom. The second-order valence-electron chi connectivity index (χ2n) is 4.86. The number of amides is 3. The molecule has 136 valence electrons. The maximum atomic E-state index is 13.4. The Morgan fingerprint density at radius 2 is 1.62 bits per heavy atom. The first kappa shape index (κ1) is 19.4. The second kappa shape index (κ2) is 9.52. The molecule has 0 heterocycles. The summed E-state index contributed by atoms with van der Waals surface area (Å²) in [5.41, 5.74) is -0.101. The molecule has 2 N–H and O–H groups in total. The molecule has 26 heavy (non-hydrogen) atoms. The van der Waals surface area contributed by atoms with Crippen molar-refractivity contribution in [1.82, 2.24) is 5.32 Å². The lowest BCUT2D eigenvalue weighted by Crippen LogP contribution is -2.37. The molecule has 0 aliphatic rings. The summed E-state index contributed by atoms with van der Waals surface area (Å²) in [6.45, 7) is -0.693. The van der Waals surface area contributed by atoms with Gasteiger partial charge in [0.25, 0.3) is 5.91 Å². The van der Waals surface area contributed by atoms with E-state index in [9.17, 15) is 23.2 Å². The fraction of sp³-hybridized carbons (Fsp3) is 0.118. The summed E-state index contributed by atoms with van der Waals surface area (Å²) in [5.74, 6) is -2.96. The SMILES string of the molecule is O=C(COC(=O)CSc1ccccc1F)NC(=O)Nc1ccccc1F. The van der Waals surface area contributed by atoms with Crippen LogP contribution in [-0.4, -0.2) is 30.3 Å². The van der Waals surface area contributed by atoms with Crippen molar-refractivity contribution in [3.63, 3.8) is 0 Å². The molecule has 0 unspecified atom stereocenters. The highest BCUT2D eigenvalue weighted by Gasteiger charge is 2.13. The molecule has 0 bridgehead atoms. The van der Waals surface area contributed by atoms with Gasteiger partial charge in [0.15, 0.2) is 6.61 Å². The van der Waals surface area contributed by atoms with E-state index >= 15 is 0 Å². The van der Waals surface area contributed by atoms with Crippen LogP contribution in [0.3, 0.4) is 0 Å². The number of carbonyl (C=O) groups is 3. The molecule has 0 saturated carbocycles. The molecule has 0 radical (unpaired) electrons. The van der Waals surface area contributed by atoms with E-state index in [1.165, 1.54) is 36.4 Å². The zero-order valence-corrected chi connectivity index (χ0v) is 14.1. The van der Waals surface area contributed by atoms with E-state index < -0.39 is 36.1 Å². The lowest BCUT2D eigenvalue weighted by atomic mass is 10.3. The molecule has 6 nitrogen and oxygen atoms in total. The number of halogens is 2. The first-order valence-electron chi connectivity index (χ1n) is 7.34. The van der Waals surface area contributed by atoms with Gasteiger partial charge >= 0.3 is 12.0 Å². The summed E-state index contributed by atoms with van der Waals surface area (Å²) >= 11 is 0.922. The molecule has 0 aromatic heterocycles. The number of carbonyl (C=O) groups excluding carboxylic acids is 3. The highest BCUT2D eigenvalue weighted by atomic mass is 32.2. The van der Waals surface area contributed by atoms with Crippen LogP contribution in [0.15, 0.2) is 53.4 Å².